The molecule has 0 spiro atoms. The zero-order chi connectivity index (χ0) is 26.9. The molecule has 0 aromatic rings. The van der Waals surface area contributed by atoms with Crippen LogP contribution in [-0.2, 0) is 23.9 Å². The molecule has 0 aliphatic carbocycles. The number of oxime groups is 1. The highest BCUT2D eigenvalue weighted by Gasteiger charge is 2.45. The van der Waals surface area contributed by atoms with E-state index < -0.39 is 53.8 Å². The van der Waals surface area contributed by atoms with Crippen molar-refractivity contribution in [3.8, 4) is 0 Å². The van der Waals surface area contributed by atoms with Crippen LogP contribution in [0.15, 0.2) is 5.16 Å². The molecule has 8 heteroatoms. The predicted molar refractivity (Wildman–Crippen MR) is 132 cm³/mol. The molecule has 7 atom stereocenters. The molecule has 34 heavy (non-hydrogen) atoms. The summed E-state index contributed by atoms with van der Waals surface area (Å²) in [4.78, 5) is 30.6. The Kier molecular flexibility index (Phi) is 13.5. The molecule has 0 aromatic carbocycles. The van der Waals surface area contributed by atoms with Gasteiger partial charge in [0, 0.05) is 30.3 Å². The lowest BCUT2D eigenvalue weighted by molar-refractivity contribution is -0.168. The van der Waals surface area contributed by atoms with E-state index in [0.717, 1.165) is 0 Å². The quantitative estimate of drug-likeness (QED) is 0.326. The summed E-state index contributed by atoms with van der Waals surface area (Å²) >= 11 is 0. The number of esters is 1. The number of halogens is 1. The summed E-state index contributed by atoms with van der Waals surface area (Å²) in [6, 6.07) is 0. The molecule has 1 aliphatic rings. The van der Waals surface area contributed by atoms with Crippen molar-refractivity contribution < 1.29 is 33.4 Å². The second kappa shape index (κ2) is 14.1. The van der Waals surface area contributed by atoms with E-state index in [-0.39, 0.29) is 11.7 Å². The van der Waals surface area contributed by atoms with Gasteiger partial charge >= 0.3 is 5.97 Å². The average molecular weight is 490 g/mol. The van der Waals surface area contributed by atoms with E-state index in [2.05, 4.69) is 5.16 Å². The number of cyclic esters (lactones) is 1. The molecule has 3 unspecified atom stereocenters. The molecule has 1 heterocycles. The topological polar surface area (TPSA) is 94.4 Å². The number of rotatable bonds is 4. The molecule has 0 amide bonds. The van der Waals surface area contributed by atoms with Gasteiger partial charge < -0.3 is 19.4 Å². The van der Waals surface area contributed by atoms with Gasteiger partial charge in [-0.15, -0.1) is 0 Å². The van der Waals surface area contributed by atoms with Gasteiger partial charge in [-0.3, -0.25) is 9.59 Å². The summed E-state index contributed by atoms with van der Waals surface area (Å²) < 4.78 is 24.3. The monoisotopic (exact) mass is 489 g/mol. The smallest absolute Gasteiger partial charge is 0.316 e. The Labute approximate surface area is 205 Å². The summed E-state index contributed by atoms with van der Waals surface area (Å²) in [5.41, 5.74) is -1.06. The minimum Gasteiger partial charge on any atom is -0.461 e. The lowest BCUT2D eigenvalue weighted by Crippen LogP contribution is -2.50. The molecule has 1 aliphatic heterocycles. The van der Waals surface area contributed by atoms with Gasteiger partial charge in [0.05, 0.1) is 17.4 Å². The Morgan fingerprint density at radius 1 is 1.09 bits per heavy atom. The highest BCUT2D eigenvalue weighted by molar-refractivity contribution is 5.99. The summed E-state index contributed by atoms with van der Waals surface area (Å²) in [6.07, 6.45) is -0.260. The van der Waals surface area contributed by atoms with E-state index >= 15 is 0 Å². The number of carbonyl (C=O) groups excluding carboxylic acids is 2. The third-order valence-electron chi connectivity index (χ3n) is 7.12. The SMILES string of the molecule is CC.CC[C@H]1OC(=O)C(C)C(=O)[C@H](C)C[C@](C)(OC)C[C@@H](C)/C(=N\OCF)C(C)C(O)C1(C)C. The van der Waals surface area contributed by atoms with Crippen LogP contribution in [0.25, 0.3) is 0 Å². The number of Topliss-reactive ketones (excluding diaryl/α,β-unsaturated/α-hetero) is 1. The Hall–Kier alpha value is -1.54. The van der Waals surface area contributed by atoms with Crippen LogP contribution in [0.3, 0.4) is 0 Å². The maximum absolute atomic E-state index is 13.0. The molecule has 200 valence electrons. The van der Waals surface area contributed by atoms with Crippen LogP contribution in [-0.4, -0.2) is 54.4 Å². The van der Waals surface area contributed by atoms with Crippen molar-refractivity contribution in [2.24, 2.45) is 34.2 Å². The van der Waals surface area contributed by atoms with Gasteiger partial charge in [0.2, 0.25) is 0 Å². The van der Waals surface area contributed by atoms with Crippen LogP contribution in [0.4, 0.5) is 4.39 Å². The third kappa shape index (κ3) is 8.01. The highest BCUT2D eigenvalue weighted by Crippen LogP contribution is 2.38. The first-order valence-corrected chi connectivity index (χ1v) is 12.5. The van der Waals surface area contributed by atoms with Crippen molar-refractivity contribution >= 4 is 17.5 Å². The number of aliphatic hydroxyl groups excluding tert-OH is 1. The molecule has 1 rings (SSSR count). The normalized spacial score (nSPS) is 36.7. The number of nitrogens with zero attached hydrogens (tertiary/aromatic N) is 1. The van der Waals surface area contributed by atoms with Crippen LogP contribution in [0.2, 0.25) is 0 Å². The molecule has 0 bridgehead atoms. The van der Waals surface area contributed by atoms with Crippen LogP contribution in [0.5, 0.6) is 0 Å². The molecule has 1 saturated heterocycles. The maximum Gasteiger partial charge on any atom is 0.316 e. The fourth-order valence-electron chi connectivity index (χ4n) is 5.01. The molecule has 0 saturated carbocycles. The second-order valence-corrected chi connectivity index (χ2v) is 10.1. The number of hydrogen-bond donors (Lipinski definition) is 1. The van der Waals surface area contributed by atoms with Crippen molar-refractivity contribution in [2.75, 3.05) is 14.0 Å². The molecule has 0 aromatic heterocycles. The minimum atomic E-state index is -1.08. The number of alkyl halides is 1. The first-order valence-electron chi connectivity index (χ1n) is 12.5. The molecule has 1 fully saturated rings. The van der Waals surface area contributed by atoms with Crippen LogP contribution >= 0.6 is 0 Å². The highest BCUT2D eigenvalue weighted by atomic mass is 19.1. The number of ether oxygens (including phenoxy) is 2. The Morgan fingerprint density at radius 3 is 2.09 bits per heavy atom. The van der Waals surface area contributed by atoms with Gasteiger partial charge in [-0.1, -0.05) is 60.5 Å². The lowest BCUT2D eigenvalue weighted by atomic mass is 9.70. The number of aliphatic hydroxyl groups is 1. The maximum atomic E-state index is 13.0. The standard InChI is InChI=1S/C24H42FNO6.C2H6/c1-10-18-23(6,7)21(28)16(4)19(26-31-13-25)14(2)11-24(8,30-9)12-15(3)20(27)17(5)22(29)32-18;1-2/h14-18,21,28H,10-13H2,1-9H3;1-2H3/b26-19+;/t14-,15-,16?,17?,18-,21?,24-;/m1./s1. The third-order valence-corrected chi connectivity index (χ3v) is 7.12. The van der Waals surface area contributed by atoms with Gasteiger partial charge in [-0.2, -0.15) is 0 Å². The van der Waals surface area contributed by atoms with Crippen molar-refractivity contribution in [1.29, 1.82) is 0 Å². The summed E-state index contributed by atoms with van der Waals surface area (Å²) in [6.45, 7) is 17.4. The second-order valence-electron chi connectivity index (χ2n) is 10.1. The summed E-state index contributed by atoms with van der Waals surface area (Å²) in [5, 5.41) is 15.3. The van der Waals surface area contributed by atoms with E-state index in [1.54, 1.807) is 21.0 Å². The molecule has 7 nitrogen and oxygen atoms in total. The Morgan fingerprint density at radius 2 is 1.62 bits per heavy atom. The largest absolute Gasteiger partial charge is 0.461 e. The molecular weight excluding hydrogens is 441 g/mol. The first-order chi connectivity index (χ1) is 15.8. The number of hydrogen-bond acceptors (Lipinski definition) is 7. The Balaban J connectivity index is 0.00000529. The van der Waals surface area contributed by atoms with Crippen LogP contribution in [0.1, 0.15) is 88.5 Å². The van der Waals surface area contributed by atoms with Crippen molar-refractivity contribution in [3.63, 3.8) is 0 Å². The van der Waals surface area contributed by atoms with Gasteiger partial charge in [-0.05, 0) is 33.1 Å². The zero-order valence-electron chi connectivity index (χ0n) is 23.1. The van der Waals surface area contributed by atoms with Crippen molar-refractivity contribution in [3.05, 3.63) is 0 Å². The number of ketones is 1. The lowest BCUT2D eigenvalue weighted by Gasteiger charge is -2.42. The van der Waals surface area contributed by atoms with Gasteiger partial charge in [0.1, 0.15) is 17.8 Å². The minimum absolute atomic E-state index is 0.209. The molecule has 0 radical (unpaired) electrons. The van der Waals surface area contributed by atoms with Crippen molar-refractivity contribution in [2.45, 2.75) is 106 Å². The van der Waals surface area contributed by atoms with E-state index in [0.29, 0.717) is 25.0 Å². The van der Waals surface area contributed by atoms with Crippen molar-refractivity contribution in [1.82, 2.24) is 0 Å². The fourth-order valence-corrected chi connectivity index (χ4v) is 5.01. The van der Waals surface area contributed by atoms with Gasteiger partial charge in [0.15, 0.2) is 0 Å². The first kappa shape index (κ1) is 32.5. The molecule has 1 N–H and O–H groups in total. The van der Waals surface area contributed by atoms with E-state index in [1.807, 2.05) is 55.4 Å². The summed E-state index contributed by atoms with van der Waals surface area (Å²) in [5.74, 6) is -2.88. The van der Waals surface area contributed by atoms with Crippen LogP contribution < -0.4 is 0 Å². The van der Waals surface area contributed by atoms with E-state index in [1.165, 1.54) is 0 Å². The molecular formula is C26H48FNO6. The van der Waals surface area contributed by atoms with Gasteiger partial charge in [-0.25, -0.2) is 4.39 Å². The number of methoxy groups -OCH3 is 1. The average Bonchev–Trinajstić information content (AvgIpc) is 2.81. The number of carbonyl (C=O) groups is 2. The van der Waals surface area contributed by atoms with Gasteiger partial charge in [0.25, 0.3) is 6.86 Å². The van der Waals surface area contributed by atoms with E-state index in [9.17, 15) is 19.1 Å². The van der Waals surface area contributed by atoms with Crippen LogP contribution in [0, 0.1) is 29.1 Å². The Bertz CT molecular complexity index is 682. The summed E-state index contributed by atoms with van der Waals surface area (Å²) in [7, 11) is 1.58. The predicted octanol–water partition coefficient (Wildman–Crippen LogP) is 5.33. The zero-order valence-corrected chi connectivity index (χ0v) is 23.1. The van der Waals surface area contributed by atoms with E-state index in [4.69, 9.17) is 14.3 Å². The fraction of sp³-hybridized carbons (Fsp3) is 0.885.